The molecule has 2 aromatic heterocycles. The lowest BCUT2D eigenvalue weighted by Gasteiger charge is -2.44. The van der Waals surface area contributed by atoms with Gasteiger partial charge in [-0.15, -0.1) is 0 Å². The lowest BCUT2D eigenvalue weighted by atomic mass is 9.87. The number of fused-ring (bicyclic) bond motifs is 1. The molecular weight excluding hydrogens is 416 g/mol. The first kappa shape index (κ1) is 22.0. The Labute approximate surface area is 195 Å². The van der Waals surface area contributed by atoms with Crippen molar-refractivity contribution in [3.8, 4) is 6.07 Å². The molecule has 1 amide bonds. The largest absolute Gasteiger partial charge is 0.472 e. The molecule has 2 aromatic rings. The number of carbonyl (C=O) groups excluding carboxylic acids is 1. The third-order valence-electron chi connectivity index (χ3n) is 7.23. The molecule has 33 heavy (non-hydrogen) atoms. The number of nitriles is 1. The van der Waals surface area contributed by atoms with Crippen LogP contribution < -0.4 is 4.90 Å². The van der Waals surface area contributed by atoms with Crippen LogP contribution in [0.15, 0.2) is 23.0 Å². The highest BCUT2D eigenvalue weighted by molar-refractivity contribution is 5.94. The smallest absolute Gasteiger partial charge is 0.257 e. The second-order valence-electron chi connectivity index (χ2n) is 10.5. The van der Waals surface area contributed by atoms with Crippen LogP contribution in [0.1, 0.15) is 79.2 Å². The molecule has 5 rings (SSSR count). The average Bonchev–Trinajstić information content (AvgIpc) is 3.49. The topological polar surface area (TPSA) is 82.6 Å². The van der Waals surface area contributed by atoms with Gasteiger partial charge >= 0.3 is 0 Å². The Hall–Kier alpha value is -2.85. The fourth-order valence-corrected chi connectivity index (χ4v) is 5.20. The van der Waals surface area contributed by atoms with E-state index in [0.717, 1.165) is 35.5 Å². The van der Waals surface area contributed by atoms with Crippen LogP contribution in [0, 0.1) is 17.2 Å². The van der Waals surface area contributed by atoms with E-state index in [0.29, 0.717) is 49.7 Å². The average molecular weight is 449 g/mol. The third kappa shape index (κ3) is 4.02. The molecule has 7 heteroatoms. The van der Waals surface area contributed by atoms with Crippen LogP contribution in [0.25, 0.3) is 0 Å². The van der Waals surface area contributed by atoms with Crippen LogP contribution in [0.3, 0.4) is 0 Å². The number of amides is 1. The van der Waals surface area contributed by atoms with Crippen molar-refractivity contribution in [2.45, 2.75) is 71.1 Å². The van der Waals surface area contributed by atoms with Gasteiger partial charge in [-0.3, -0.25) is 4.79 Å². The second kappa shape index (κ2) is 8.18. The first-order valence-corrected chi connectivity index (χ1v) is 12.0. The Morgan fingerprint density at radius 3 is 2.70 bits per heavy atom. The summed E-state index contributed by atoms with van der Waals surface area (Å²) in [7, 11) is 0. The number of nitrogens with zero attached hydrogens (tertiary/aromatic N) is 4. The minimum Gasteiger partial charge on any atom is -0.472 e. The summed E-state index contributed by atoms with van der Waals surface area (Å²) in [6.45, 7) is 10.9. The van der Waals surface area contributed by atoms with E-state index in [1.807, 2.05) is 4.90 Å². The molecular formula is C26H32N4O3. The molecule has 0 spiro atoms. The predicted octanol–water partition coefficient (Wildman–Crippen LogP) is 4.26. The highest BCUT2D eigenvalue weighted by atomic mass is 16.5. The molecule has 3 aliphatic rings. The first-order valence-electron chi connectivity index (χ1n) is 12.0. The number of piperazine rings is 1. The van der Waals surface area contributed by atoms with E-state index < -0.39 is 0 Å². The summed E-state index contributed by atoms with van der Waals surface area (Å²) in [5, 5.41) is 10.2. The normalized spacial score (nSPS) is 22.2. The van der Waals surface area contributed by atoms with Gasteiger partial charge in [-0.2, -0.15) is 5.26 Å². The molecule has 0 aromatic carbocycles. The van der Waals surface area contributed by atoms with Crippen LogP contribution in [-0.4, -0.2) is 47.1 Å². The molecule has 1 unspecified atom stereocenters. The number of aromatic nitrogens is 1. The standard InChI is InChI=1S/C26H32N4O3/c1-16(2)22-13-29(8-9-30(22)25(31)18-7-10-32-14-18)24-20(12-27)19-11-26(3,4)33-15-21(19)23(28-24)17-5-6-17/h7,10,14,16-17,22H,5-6,8-9,11,13,15H2,1-4H3. The van der Waals surface area contributed by atoms with Crippen LogP contribution in [0.4, 0.5) is 5.82 Å². The van der Waals surface area contributed by atoms with Crippen molar-refractivity contribution in [2.24, 2.45) is 5.92 Å². The van der Waals surface area contributed by atoms with Gasteiger partial charge in [0.15, 0.2) is 0 Å². The number of anilines is 1. The van der Waals surface area contributed by atoms with E-state index in [9.17, 15) is 10.1 Å². The molecule has 1 atom stereocenters. The molecule has 7 nitrogen and oxygen atoms in total. The summed E-state index contributed by atoms with van der Waals surface area (Å²) in [5.41, 5.74) is 4.33. The minimum absolute atomic E-state index is 0.00132. The van der Waals surface area contributed by atoms with Crippen LogP contribution in [-0.2, 0) is 17.8 Å². The Balaban J connectivity index is 1.51. The molecule has 1 saturated heterocycles. The van der Waals surface area contributed by atoms with Crippen LogP contribution >= 0.6 is 0 Å². The van der Waals surface area contributed by atoms with Gasteiger partial charge in [0.25, 0.3) is 5.91 Å². The summed E-state index contributed by atoms with van der Waals surface area (Å²) in [6, 6.07) is 4.23. The fourth-order valence-electron chi connectivity index (χ4n) is 5.20. The molecule has 174 valence electrons. The summed E-state index contributed by atoms with van der Waals surface area (Å²) >= 11 is 0. The zero-order valence-corrected chi connectivity index (χ0v) is 19.9. The monoisotopic (exact) mass is 448 g/mol. The zero-order valence-electron chi connectivity index (χ0n) is 19.9. The maximum absolute atomic E-state index is 13.1. The first-order chi connectivity index (χ1) is 15.8. The van der Waals surface area contributed by atoms with E-state index in [-0.39, 0.29) is 23.5 Å². The number of carbonyl (C=O) groups is 1. The van der Waals surface area contributed by atoms with Gasteiger partial charge in [-0.25, -0.2) is 4.98 Å². The predicted molar refractivity (Wildman–Crippen MR) is 124 cm³/mol. The van der Waals surface area contributed by atoms with Crippen molar-refractivity contribution in [1.82, 2.24) is 9.88 Å². The molecule has 2 aliphatic heterocycles. The maximum atomic E-state index is 13.1. The van der Waals surface area contributed by atoms with E-state index in [1.165, 1.54) is 12.5 Å². The van der Waals surface area contributed by atoms with Crippen molar-refractivity contribution in [2.75, 3.05) is 24.5 Å². The number of pyridine rings is 1. The fraction of sp³-hybridized carbons (Fsp3) is 0.577. The van der Waals surface area contributed by atoms with E-state index in [2.05, 4.69) is 38.7 Å². The van der Waals surface area contributed by atoms with Crippen molar-refractivity contribution >= 4 is 11.7 Å². The summed E-state index contributed by atoms with van der Waals surface area (Å²) < 4.78 is 11.2. The highest BCUT2D eigenvalue weighted by Gasteiger charge is 2.39. The summed E-state index contributed by atoms with van der Waals surface area (Å²) in [4.78, 5) is 22.4. The number of rotatable bonds is 4. The Bertz CT molecular complexity index is 1100. The number of furan rings is 1. The summed E-state index contributed by atoms with van der Waals surface area (Å²) in [5.74, 6) is 1.53. The molecule has 0 N–H and O–H groups in total. The van der Waals surface area contributed by atoms with E-state index >= 15 is 0 Å². The molecule has 0 radical (unpaired) electrons. The maximum Gasteiger partial charge on any atom is 0.257 e. The lowest BCUT2D eigenvalue weighted by Crippen LogP contribution is -2.57. The quantitative estimate of drug-likeness (QED) is 0.695. The number of hydrogen-bond acceptors (Lipinski definition) is 6. The van der Waals surface area contributed by atoms with Gasteiger partial charge in [-0.1, -0.05) is 13.8 Å². The third-order valence-corrected chi connectivity index (χ3v) is 7.23. The highest BCUT2D eigenvalue weighted by Crippen LogP contribution is 2.46. The number of ether oxygens (including phenoxy) is 1. The molecule has 4 heterocycles. The molecule has 1 saturated carbocycles. The van der Waals surface area contributed by atoms with Crippen molar-refractivity contribution in [3.63, 3.8) is 0 Å². The van der Waals surface area contributed by atoms with E-state index in [4.69, 9.17) is 14.1 Å². The van der Waals surface area contributed by atoms with Gasteiger partial charge in [0.05, 0.1) is 41.3 Å². The Morgan fingerprint density at radius 2 is 2.06 bits per heavy atom. The van der Waals surface area contributed by atoms with Gasteiger partial charge in [-0.05, 0) is 44.2 Å². The Kier molecular flexibility index (Phi) is 5.44. The molecule has 1 aliphatic carbocycles. The minimum atomic E-state index is -0.297. The van der Waals surface area contributed by atoms with Gasteiger partial charge < -0.3 is 19.0 Å². The van der Waals surface area contributed by atoms with Crippen molar-refractivity contribution < 1.29 is 13.9 Å². The summed E-state index contributed by atoms with van der Waals surface area (Å²) in [6.07, 6.45) is 6.06. The molecule has 0 bridgehead atoms. The van der Waals surface area contributed by atoms with Crippen molar-refractivity contribution in [1.29, 1.82) is 5.26 Å². The van der Waals surface area contributed by atoms with Gasteiger partial charge in [0, 0.05) is 37.5 Å². The van der Waals surface area contributed by atoms with Crippen LogP contribution in [0.2, 0.25) is 0 Å². The van der Waals surface area contributed by atoms with Gasteiger partial charge in [0.1, 0.15) is 18.2 Å². The number of hydrogen-bond donors (Lipinski definition) is 0. The lowest BCUT2D eigenvalue weighted by molar-refractivity contribution is -0.0407. The Morgan fingerprint density at radius 1 is 1.27 bits per heavy atom. The zero-order chi connectivity index (χ0) is 23.3. The SMILES string of the molecule is CC(C)C1CN(c2nc(C3CC3)c3c(c2C#N)CC(C)(C)OC3)CCN1C(=O)c1ccoc1. The molecule has 2 fully saturated rings. The second-order valence-corrected chi connectivity index (χ2v) is 10.5. The van der Waals surface area contributed by atoms with E-state index in [1.54, 1.807) is 6.07 Å². The van der Waals surface area contributed by atoms with Gasteiger partial charge in [0.2, 0.25) is 0 Å². The van der Waals surface area contributed by atoms with Crippen LogP contribution in [0.5, 0.6) is 0 Å². The van der Waals surface area contributed by atoms with Crippen molar-refractivity contribution in [3.05, 3.63) is 46.5 Å².